The molecule has 0 radical (unpaired) electrons. The van der Waals surface area contributed by atoms with E-state index in [1.165, 1.54) is 0 Å². The number of aliphatic hydroxyl groups excluding tert-OH is 2. The van der Waals surface area contributed by atoms with Gasteiger partial charge in [-0.2, -0.15) is 0 Å². The molecule has 0 saturated carbocycles. The molecule has 1 aromatic carbocycles. The maximum atomic E-state index is 13.9. The van der Waals surface area contributed by atoms with E-state index in [0.717, 1.165) is 36.4 Å². The number of benzene rings is 1. The Hall–Kier alpha value is -3.31. The van der Waals surface area contributed by atoms with Gasteiger partial charge in [-0.3, -0.25) is 9.59 Å². The summed E-state index contributed by atoms with van der Waals surface area (Å²) in [7, 11) is 1.09. The van der Waals surface area contributed by atoms with Gasteiger partial charge in [0.2, 0.25) is 5.43 Å². The van der Waals surface area contributed by atoms with E-state index >= 15 is 0 Å². The fourth-order valence-electron chi connectivity index (χ4n) is 2.92. The fraction of sp³-hybridized carbons (Fsp3) is 0.409. The summed E-state index contributed by atoms with van der Waals surface area (Å²) in [5, 5.41) is 21.5. The van der Waals surface area contributed by atoms with Crippen molar-refractivity contribution in [2.24, 2.45) is 0 Å². The maximum absolute atomic E-state index is 13.9. The van der Waals surface area contributed by atoms with E-state index in [1.54, 1.807) is 0 Å². The summed E-state index contributed by atoms with van der Waals surface area (Å²) in [5.74, 6) is -3.94. The molecule has 2 aromatic rings. The van der Waals surface area contributed by atoms with E-state index in [4.69, 9.17) is 9.47 Å². The number of nitrogens with zero attached hydrogens (tertiary/aromatic N) is 1. The Labute approximate surface area is 188 Å². The zero-order chi connectivity index (χ0) is 24.5. The van der Waals surface area contributed by atoms with Crippen molar-refractivity contribution in [2.45, 2.75) is 39.0 Å². The van der Waals surface area contributed by atoms with Crippen LogP contribution in [0.25, 0.3) is 0 Å². The molecule has 180 valence electrons. The Morgan fingerprint density at radius 1 is 1.27 bits per heavy atom. The monoisotopic (exact) mass is 468 g/mol. The number of pyridine rings is 1. The number of ether oxygens (including phenoxy) is 2. The first-order chi connectivity index (χ1) is 15.7. The van der Waals surface area contributed by atoms with Crippen LogP contribution >= 0.6 is 0 Å². The first-order valence-electron chi connectivity index (χ1n) is 10.2. The average molecular weight is 468 g/mol. The molecule has 1 heterocycles. The van der Waals surface area contributed by atoms with Gasteiger partial charge < -0.3 is 29.6 Å². The zero-order valence-corrected chi connectivity index (χ0v) is 18.3. The molecule has 2 rings (SSSR count). The average Bonchev–Trinajstić information content (AvgIpc) is 2.79. The van der Waals surface area contributed by atoms with Crippen LogP contribution in [0.3, 0.4) is 0 Å². The number of aromatic nitrogens is 1. The van der Waals surface area contributed by atoms with Crippen molar-refractivity contribution in [3.63, 3.8) is 0 Å². The Morgan fingerprint density at radius 3 is 2.61 bits per heavy atom. The highest BCUT2D eigenvalue weighted by molar-refractivity contribution is 5.96. The molecule has 9 nitrogen and oxygen atoms in total. The summed E-state index contributed by atoms with van der Waals surface area (Å²) in [6, 6.07) is 2.84. The van der Waals surface area contributed by atoms with Gasteiger partial charge in [0.05, 0.1) is 33.0 Å². The van der Waals surface area contributed by atoms with Crippen LogP contribution < -0.4 is 15.5 Å². The summed E-state index contributed by atoms with van der Waals surface area (Å²) in [5.41, 5.74) is -1.68. The molecule has 0 bridgehead atoms. The Balaban J connectivity index is 2.49. The normalized spacial score (nSPS) is 11.7. The van der Waals surface area contributed by atoms with Crippen molar-refractivity contribution >= 4 is 11.9 Å². The molecule has 0 aliphatic rings. The third-order valence-electron chi connectivity index (χ3n) is 4.68. The lowest BCUT2D eigenvalue weighted by atomic mass is 10.1. The number of aliphatic hydroxyl groups is 2. The van der Waals surface area contributed by atoms with Gasteiger partial charge in [-0.1, -0.05) is 19.4 Å². The number of esters is 1. The number of unbranched alkanes of at least 4 members (excludes halogenated alkanes) is 1. The summed E-state index contributed by atoms with van der Waals surface area (Å²) >= 11 is 0. The van der Waals surface area contributed by atoms with Crippen molar-refractivity contribution in [1.82, 2.24) is 9.88 Å². The number of nitrogens with one attached hydrogen (secondary N) is 1. The minimum atomic E-state index is -1.32. The molecule has 0 fully saturated rings. The lowest BCUT2D eigenvalue weighted by Crippen LogP contribution is -2.34. The second-order valence-corrected chi connectivity index (χ2v) is 7.15. The van der Waals surface area contributed by atoms with Crippen molar-refractivity contribution in [3.05, 3.63) is 63.1 Å². The van der Waals surface area contributed by atoms with Crippen LogP contribution in [-0.2, 0) is 17.8 Å². The van der Waals surface area contributed by atoms with E-state index < -0.39 is 53.0 Å². The molecule has 0 spiro atoms. The van der Waals surface area contributed by atoms with Crippen LogP contribution in [0.4, 0.5) is 8.78 Å². The van der Waals surface area contributed by atoms with Gasteiger partial charge in [-0.15, -0.1) is 0 Å². The highest BCUT2D eigenvalue weighted by atomic mass is 19.1. The summed E-state index contributed by atoms with van der Waals surface area (Å²) < 4.78 is 38.3. The largest absolute Gasteiger partial charge is 0.487 e. The van der Waals surface area contributed by atoms with E-state index in [-0.39, 0.29) is 31.0 Å². The Bertz CT molecular complexity index is 1060. The highest BCUT2D eigenvalue weighted by Gasteiger charge is 2.27. The van der Waals surface area contributed by atoms with Gasteiger partial charge in [-0.05, 0) is 12.5 Å². The minimum Gasteiger partial charge on any atom is -0.487 e. The van der Waals surface area contributed by atoms with Crippen molar-refractivity contribution in [3.8, 4) is 5.75 Å². The molecular weight excluding hydrogens is 442 g/mol. The SMILES string of the molecule is CCCCOc1c(C(=O)OC)n(CC(O)CO)cc(C(=O)NCc2ccc(F)cc2F)c1=O. The Morgan fingerprint density at radius 2 is 2.00 bits per heavy atom. The molecule has 0 aliphatic heterocycles. The predicted molar refractivity (Wildman–Crippen MR) is 113 cm³/mol. The summed E-state index contributed by atoms with van der Waals surface area (Å²) in [4.78, 5) is 38.2. The zero-order valence-electron chi connectivity index (χ0n) is 18.3. The topological polar surface area (TPSA) is 127 Å². The fourth-order valence-corrected chi connectivity index (χ4v) is 2.92. The van der Waals surface area contributed by atoms with Gasteiger partial charge in [0, 0.05) is 24.4 Å². The second kappa shape index (κ2) is 12.1. The van der Waals surface area contributed by atoms with E-state index in [1.807, 2.05) is 6.92 Å². The minimum absolute atomic E-state index is 0.00798. The Kier molecular flexibility index (Phi) is 9.49. The second-order valence-electron chi connectivity index (χ2n) is 7.15. The molecule has 0 aliphatic carbocycles. The number of hydrogen-bond acceptors (Lipinski definition) is 7. The summed E-state index contributed by atoms with van der Waals surface area (Å²) in [6.45, 7) is 0.625. The highest BCUT2D eigenvalue weighted by Crippen LogP contribution is 2.19. The first kappa shape index (κ1) is 25.9. The van der Waals surface area contributed by atoms with Crippen molar-refractivity contribution in [1.29, 1.82) is 0 Å². The number of carbonyl (C=O) groups is 2. The van der Waals surface area contributed by atoms with Gasteiger partial charge in [0.25, 0.3) is 5.91 Å². The molecular formula is C22H26F2N2O7. The third-order valence-corrected chi connectivity index (χ3v) is 4.68. The van der Waals surface area contributed by atoms with Crippen LogP contribution in [0, 0.1) is 11.6 Å². The molecule has 1 aromatic heterocycles. The maximum Gasteiger partial charge on any atom is 0.358 e. The number of hydrogen-bond donors (Lipinski definition) is 3. The van der Waals surface area contributed by atoms with Gasteiger partial charge in [-0.25, -0.2) is 13.6 Å². The van der Waals surface area contributed by atoms with Crippen LogP contribution in [-0.4, -0.2) is 53.1 Å². The van der Waals surface area contributed by atoms with E-state index in [2.05, 4.69) is 5.32 Å². The standard InChI is InChI=1S/C22H26F2N2O7/c1-3-4-7-33-20-18(22(31)32-2)26(10-15(28)12-27)11-16(19(20)29)21(30)25-9-13-5-6-14(23)8-17(13)24/h5-6,8,11,15,27-28H,3-4,7,9-10,12H2,1-2H3,(H,25,30). The van der Waals surface area contributed by atoms with Gasteiger partial charge in [0.15, 0.2) is 11.4 Å². The number of rotatable bonds is 11. The van der Waals surface area contributed by atoms with Crippen molar-refractivity contribution < 1.29 is 38.1 Å². The number of methoxy groups -OCH3 is 1. The molecule has 1 unspecified atom stereocenters. The lowest BCUT2D eigenvalue weighted by Gasteiger charge is -2.19. The molecule has 11 heteroatoms. The van der Waals surface area contributed by atoms with Crippen LogP contribution in [0.2, 0.25) is 0 Å². The number of carbonyl (C=O) groups excluding carboxylic acids is 2. The van der Waals surface area contributed by atoms with E-state index in [0.29, 0.717) is 12.5 Å². The molecule has 33 heavy (non-hydrogen) atoms. The first-order valence-corrected chi connectivity index (χ1v) is 10.2. The predicted octanol–water partition coefficient (Wildman–Crippen LogP) is 1.38. The van der Waals surface area contributed by atoms with Crippen molar-refractivity contribution in [2.75, 3.05) is 20.3 Å². The lowest BCUT2D eigenvalue weighted by molar-refractivity contribution is 0.0557. The third kappa shape index (κ3) is 6.59. The quantitative estimate of drug-likeness (QED) is 0.336. The van der Waals surface area contributed by atoms with Crippen LogP contribution in [0.1, 0.15) is 46.2 Å². The number of amides is 1. The summed E-state index contributed by atoms with van der Waals surface area (Å²) in [6.07, 6.45) is 0.994. The van der Waals surface area contributed by atoms with E-state index in [9.17, 15) is 33.4 Å². The number of halogens is 2. The molecule has 0 saturated heterocycles. The molecule has 1 atom stereocenters. The molecule has 3 N–H and O–H groups in total. The van der Waals surface area contributed by atoms with Gasteiger partial charge in [0.1, 0.15) is 17.2 Å². The van der Waals surface area contributed by atoms with Gasteiger partial charge >= 0.3 is 5.97 Å². The van der Waals surface area contributed by atoms with Crippen LogP contribution in [0.15, 0.2) is 29.2 Å². The van der Waals surface area contributed by atoms with Crippen LogP contribution in [0.5, 0.6) is 5.75 Å². The molecule has 1 amide bonds. The smallest absolute Gasteiger partial charge is 0.358 e.